The minimum Gasteiger partial charge on any atom is -0.508 e. The quantitative estimate of drug-likeness (QED) is 0.718. The van der Waals surface area contributed by atoms with Crippen LogP contribution in [0.2, 0.25) is 0 Å². The number of nitrogens with zero attached hydrogens (tertiary/aromatic N) is 2. The molecule has 3 aromatic rings. The Morgan fingerprint density at radius 3 is 2.21 bits per heavy atom. The fourth-order valence-electron chi connectivity index (χ4n) is 3.48. The second-order valence-corrected chi connectivity index (χ2v) is 6.34. The fraction of sp³-hybridized carbons (Fsp3) is 0.150. The molecule has 0 saturated carbocycles. The minimum absolute atomic E-state index is 0.0758. The van der Waals surface area contributed by atoms with Crippen LogP contribution in [0.4, 0.5) is 5.95 Å². The van der Waals surface area contributed by atoms with Crippen LogP contribution in [-0.2, 0) is 16.5 Å². The second kappa shape index (κ2) is 6.12. The number of nitrogen functional groups attached to an aromatic ring is 1. The van der Waals surface area contributed by atoms with Crippen molar-refractivity contribution in [3.05, 3.63) is 53.0 Å². The number of aryl methyl sites for hydroxylation is 1. The Balaban J connectivity index is 2.17. The van der Waals surface area contributed by atoms with Crippen LogP contribution in [0.5, 0.6) is 5.75 Å². The summed E-state index contributed by atoms with van der Waals surface area (Å²) in [6, 6.07) is 7.87. The predicted molar refractivity (Wildman–Crippen MR) is 102 cm³/mol. The number of anilines is 1. The van der Waals surface area contributed by atoms with E-state index in [1.54, 1.807) is 29.8 Å². The van der Waals surface area contributed by atoms with Gasteiger partial charge in [-0.2, -0.15) is 0 Å². The van der Waals surface area contributed by atoms with E-state index < -0.39 is 11.6 Å². The third-order valence-corrected chi connectivity index (χ3v) is 4.87. The zero-order valence-electron chi connectivity index (χ0n) is 15.4. The van der Waals surface area contributed by atoms with E-state index >= 15 is 0 Å². The summed E-state index contributed by atoms with van der Waals surface area (Å²) in [4.78, 5) is 30.7. The van der Waals surface area contributed by atoms with Gasteiger partial charge in [-0.05, 0) is 23.8 Å². The van der Waals surface area contributed by atoms with Crippen LogP contribution in [0.25, 0.3) is 22.2 Å². The van der Waals surface area contributed by atoms with Crippen LogP contribution in [0.15, 0.2) is 41.9 Å². The molecule has 8 nitrogen and oxygen atoms in total. The molecule has 1 heterocycles. The first-order valence-electron chi connectivity index (χ1n) is 8.39. The number of hydrogen-bond donors (Lipinski definition) is 2. The van der Waals surface area contributed by atoms with Gasteiger partial charge in [0.15, 0.2) is 0 Å². The number of methoxy groups -OCH3 is 2. The summed E-state index contributed by atoms with van der Waals surface area (Å²) in [5.41, 5.74) is 8.45. The Morgan fingerprint density at radius 2 is 1.61 bits per heavy atom. The summed E-state index contributed by atoms with van der Waals surface area (Å²) in [7, 11) is 4.34. The van der Waals surface area contributed by atoms with Gasteiger partial charge >= 0.3 is 0 Å². The summed E-state index contributed by atoms with van der Waals surface area (Å²) in [5.74, 6) is -0.940. The number of imidazole rings is 1. The third-order valence-electron chi connectivity index (χ3n) is 4.87. The SMILES string of the molecule is COC1=C(OC)C(=O)c2c(cc3c(nc(N)n3C)c2-c2ccc(O)cc2)C1=O. The molecule has 3 N–H and O–H groups in total. The summed E-state index contributed by atoms with van der Waals surface area (Å²) in [6.07, 6.45) is 0. The van der Waals surface area contributed by atoms with Crippen LogP contribution in [0.3, 0.4) is 0 Å². The molecule has 0 amide bonds. The molecule has 142 valence electrons. The summed E-state index contributed by atoms with van der Waals surface area (Å²) >= 11 is 0. The molecule has 0 spiro atoms. The van der Waals surface area contributed by atoms with Gasteiger partial charge < -0.3 is 24.9 Å². The number of phenols is 1. The Labute approximate surface area is 159 Å². The molecule has 0 bridgehead atoms. The van der Waals surface area contributed by atoms with Crippen LogP contribution in [0.1, 0.15) is 20.7 Å². The highest BCUT2D eigenvalue weighted by Crippen LogP contribution is 2.40. The first-order valence-corrected chi connectivity index (χ1v) is 8.39. The smallest absolute Gasteiger partial charge is 0.233 e. The molecule has 1 aliphatic rings. The molecular weight excluding hydrogens is 362 g/mol. The molecule has 0 aliphatic heterocycles. The number of aromatic nitrogens is 2. The van der Waals surface area contributed by atoms with Crippen molar-refractivity contribution in [2.45, 2.75) is 0 Å². The Kier molecular flexibility index (Phi) is 3.85. The van der Waals surface area contributed by atoms with E-state index in [-0.39, 0.29) is 34.3 Å². The number of Topliss-reactive ketones (excluding diaryl/α,β-unsaturated/α-hetero) is 2. The topological polar surface area (TPSA) is 117 Å². The van der Waals surface area contributed by atoms with Crippen LogP contribution in [0, 0.1) is 0 Å². The standard InChI is InChI=1S/C20H17N3O5/c1-23-12-8-11-14(17(26)19(28-3)18(27-2)16(11)25)13(15(12)22-20(23)21)9-4-6-10(24)7-5-9/h4-8,24H,1-3H3,(H2,21,22). The molecule has 1 aromatic heterocycles. The average molecular weight is 379 g/mol. The minimum atomic E-state index is -0.483. The Bertz CT molecular complexity index is 1190. The highest BCUT2D eigenvalue weighted by molar-refractivity contribution is 6.29. The van der Waals surface area contributed by atoms with Gasteiger partial charge in [-0.1, -0.05) is 12.1 Å². The number of carbonyl (C=O) groups excluding carboxylic acids is 2. The van der Waals surface area contributed by atoms with Gasteiger partial charge in [0.05, 0.1) is 25.3 Å². The molecule has 0 unspecified atom stereocenters. The van der Waals surface area contributed by atoms with Crippen molar-refractivity contribution in [3.63, 3.8) is 0 Å². The lowest BCUT2D eigenvalue weighted by molar-refractivity contribution is 0.0830. The lowest BCUT2D eigenvalue weighted by Crippen LogP contribution is -2.25. The number of ether oxygens (including phenoxy) is 2. The number of ketones is 2. The number of carbonyl (C=O) groups is 2. The van der Waals surface area contributed by atoms with Crippen LogP contribution >= 0.6 is 0 Å². The molecule has 0 fully saturated rings. The molecule has 28 heavy (non-hydrogen) atoms. The molecular formula is C20H17N3O5. The lowest BCUT2D eigenvalue weighted by atomic mass is 9.85. The van der Waals surface area contributed by atoms with Crippen molar-refractivity contribution in [1.29, 1.82) is 0 Å². The molecule has 0 saturated heterocycles. The summed E-state index contributed by atoms with van der Waals surface area (Å²) < 4.78 is 12.0. The van der Waals surface area contributed by atoms with Gasteiger partial charge in [0.2, 0.25) is 29.0 Å². The largest absolute Gasteiger partial charge is 0.508 e. The van der Waals surface area contributed by atoms with Crippen LogP contribution in [-0.4, -0.2) is 40.4 Å². The monoisotopic (exact) mass is 379 g/mol. The summed E-state index contributed by atoms with van der Waals surface area (Å²) in [5, 5.41) is 9.64. The number of phenolic OH excluding ortho intramolecular Hbond substituents is 1. The number of benzene rings is 2. The number of fused-ring (bicyclic) bond motifs is 2. The highest BCUT2D eigenvalue weighted by Gasteiger charge is 2.38. The van der Waals surface area contributed by atoms with Gasteiger partial charge in [-0.15, -0.1) is 0 Å². The Morgan fingerprint density at radius 1 is 1.00 bits per heavy atom. The molecule has 2 aromatic carbocycles. The van der Waals surface area contributed by atoms with Crippen molar-refractivity contribution in [2.75, 3.05) is 20.0 Å². The number of allylic oxidation sites excluding steroid dienone is 2. The number of hydrogen-bond acceptors (Lipinski definition) is 7. The maximum Gasteiger partial charge on any atom is 0.233 e. The van der Waals surface area contributed by atoms with Crippen molar-refractivity contribution >= 4 is 28.5 Å². The zero-order valence-corrected chi connectivity index (χ0v) is 15.4. The maximum absolute atomic E-state index is 13.2. The highest BCUT2D eigenvalue weighted by atomic mass is 16.5. The van der Waals surface area contributed by atoms with Crippen molar-refractivity contribution in [1.82, 2.24) is 9.55 Å². The van der Waals surface area contributed by atoms with Gasteiger partial charge in [-0.25, -0.2) is 4.98 Å². The number of aromatic hydroxyl groups is 1. The number of rotatable bonds is 3. The van der Waals surface area contributed by atoms with Crippen LogP contribution < -0.4 is 5.73 Å². The zero-order chi connectivity index (χ0) is 20.2. The number of nitrogens with two attached hydrogens (primary N) is 1. The van der Waals surface area contributed by atoms with Gasteiger partial charge in [0, 0.05) is 23.7 Å². The van der Waals surface area contributed by atoms with E-state index in [0.717, 1.165) is 0 Å². The van der Waals surface area contributed by atoms with Crippen molar-refractivity contribution in [2.24, 2.45) is 7.05 Å². The lowest BCUT2D eigenvalue weighted by Gasteiger charge is -2.22. The van der Waals surface area contributed by atoms with E-state index in [1.165, 1.54) is 26.4 Å². The van der Waals surface area contributed by atoms with Gasteiger partial charge in [-0.3, -0.25) is 9.59 Å². The Hall–Kier alpha value is -3.81. The normalized spacial score (nSPS) is 13.8. The average Bonchev–Trinajstić information content (AvgIpc) is 2.97. The van der Waals surface area contributed by atoms with Crippen molar-refractivity contribution in [3.8, 4) is 16.9 Å². The van der Waals surface area contributed by atoms with E-state index in [2.05, 4.69) is 4.98 Å². The first-order chi connectivity index (χ1) is 13.4. The summed E-state index contributed by atoms with van der Waals surface area (Å²) in [6.45, 7) is 0. The third kappa shape index (κ3) is 2.27. The molecule has 0 atom stereocenters. The molecule has 1 aliphatic carbocycles. The van der Waals surface area contributed by atoms with E-state index in [4.69, 9.17) is 15.2 Å². The molecule has 8 heteroatoms. The van der Waals surface area contributed by atoms with Gasteiger partial charge in [0.1, 0.15) is 5.75 Å². The first kappa shape index (κ1) is 17.6. The van der Waals surface area contributed by atoms with E-state index in [9.17, 15) is 14.7 Å². The maximum atomic E-state index is 13.2. The van der Waals surface area contributed by atoms with E-state index in [0.29, 0.717) is 22.2 Å². The van der Waals surface area contributed by atoms with Crippen molar-refractivity contribution < 1.29 is 24.2 Å². The van der Waals surface area contributed by atoms with E-state index in [1.807, 2.05) is 0 Å². The second-order valence-electron chi connectivity index (χ2n) is 6.34. The molecule has 4 rings (SSSR count). The van der Waals surface area contributed by atoms with Gasteiger partial charge in [0.25, 0.3) is 0 Å². The molecule has 0 radical (unpaired) electrons. The predicted octanol–water partition coefficient (Wildman–Crippen LogP) is 2.41. The fourth-order valence-corrected chi connectivity index (χ4v) is 3.48.